The zero-order valence-electron chi connectivity index (χ0n) is 15.6. The van der Waals surface area contributed by atoms with Gasteiger partial charge < -0.3 is 5.32 Å². The number of piperidine rings is 1. The predicted octanol–water partition coefficient (Wildman–Crippen LogP) is 3.10. The second-order valence-corrected chi connectivity index (χ2v) is 8.02. The molecule has 144 valence electrons. The molecule has 3 aromatic heterocycles. The van der Waals surface area contributed by atoms with Gasteiger partial charge in [-0.25, -0.2) is 9.97 Å². The van der Waals surface area contributed by atoms with Crippen LogP contribution in [0.4, 0.5) is 0 Å². The van der Waals surface area contributed by atoms with Crippen molar-refractivity contribution in [3.63, 3.8) is 0 Å². The van der Waals surface area contributed by atoms with Gasteiger partial charge in [0, 0.05) is 41.5 Å². The lowest BCUT2D eigenvalue weighted by molar-refractivity contribution is -0.122. The molecule has 1 aliphatic heterocycles. The maximum Gasteiger partial charge on any atom is 0.234 e. The summed E-state index contributed by atoms with van der Waals surface area (Å²) < 4.78 is 0. The number of nitrogens with zero attached hydrogens (tertiary/aromatic N) is 4. The van der Waals surface area contributed by atoms with Gasteiger partial charge in [-0.3, -0.25) is 14.7 Å². The Morgan fingerprint density at radius 2 is 2.14 bits per heavy atom. The molecule has 28 heavy (non-hydrogen) atoms. The number of carbonyl (C=O) groups excluding carboxylic acids is 1. The highest BCUT2D eigenvalue weighted by atomic mass is 32.1. The van der Waals surface area contributed by atoms with E-state index < -0.39 is 0 Å². The molecule has 1 N–H and O–H groups in total. The van der Waals surface area contributed by atoms with Gasteiger partial charge in [0.1, 0.15) is 6.33 Å². The van der Waals surface area contributed by atoms with Gasteiger partial charge in [0.15, 0.2) is 0 Å². The minimum Gasteiger partial charge on any atom is -0.350 e. The monoisotopic (exact) mass is 393 g/mol. The van der Waals surface area contributed by atoms with Crippen molar-refractivity contribution in [3.05, 3.63) is 65.1 Å². The Labute approximate surface area is 168 Å². The van der Waals surface area contributed by atoms with Crippen LogP contribution in [0.15, 0.2) is 54.6 Å². The molecule has 0 bridgehead atoms. The highest BCUT2D eigenvalue weighted by Gasteiger charge is 2.26. The van der Waals surface area contributed by atoms with E-state index in [0.29, 0.717) is 19.0 Å². The van der Waals surface area contributed by atoms with Crippen molar-refractivity contribution in [2.45, 2.75) is 25.3 Å². The smallest absolute Gasteiger partial charge is 0.234 e. The largest absolute Gasteiger partial charge is 0.350 e. The van der Waals surface area contributed by atoms with Gasteiger partial charge in [-0.2, -0.15) is 0 Å². The van der Waals surface area contributed by atoms with Crippen LogP contribution in [0.5, 0.6) is 0 Å². The third kappa shape index (κ3) is 4.61. The van der Waals surface area contributed by atoms with E-state index in [-0.39, 0.29) is 5.91 Å². The summed E-state index contributed by atoms with van der Waals surface area (Å²) in [5, 5.41) is 5.05. The van der Waals surface area contributed by atoms with Gasteiger partial charge in [-0.1, -0.05) is 6.07 Å². The Hall–Kier alpha value is -2.64. The van der Waals surface area contributed by atoms with Gasteiger partial charge in [-0.05, 0) is 48.5 Å². The van der Waals surface area contributed by atoms with Crippen LogP contribution in [-0.4, -0.2) is 45.4 Å². The van der Waals surface area contributed by atoms with Crippen LogP contribution in [0, 0.1) is 0 Å². The first-order chi connectivity index (χ1) is 13.8. The third-order valence-electron chi connectivity index (χ3n) is 5.03. The van der Waals surface area contributed by atoms with E-state index in [0.717, 1.165) is 42.8 Å². The molecule has 1 fully saturated rings. The molecule has 4 heterocycles. The molecule has 1 unspecified atom stereocenters. The molecule has 4 rings (SSSR count). The minimum absolute atomic E-state index is 0.0751. The lowest BCUT2D eigenvalue weighted by Crippen LogP contribution is -2.42. The van der Waals surface area contributed by atoms with Crippen LogP contribution in [0.25, 0.3) is 11.1 Å². The van der Waals surface area contributed by atoms with E-state index in [1.54, 1.807) is 30.1 Å². The molecule has 1 amide bonds. The second kappa shape index (κ2) is 9.03. The number of likely N-dealkylation sites (tertiary alicyclic amines) is 1. The molecule has 6 nitrogen and oxygen atoms in total. The summed E-state index contributed by atoms with van der Waals surface area (Å²) in [6.07, 6.45) is 9.20. The van der Waals surface area contributed by atoms with Gasteiger partial charge in [-0.15, -0.1) is 11.3 Å². The molecule has 0 saturated carbocycles. The standard InChI is InChI=1S/C21H23N5OS/c27-20(24-11-18-4-2-10-28-18)14-26-9-1-3-17(13-26)21-19(12-23-15-25-21)16-5-7-22-8-6-16/h2,4-8,10,12,15,17H,1,3,9,11,13-14H2,(H,24,27). The van der Waals surface area contributed by atoms with Crippen molar-refractivity contribution in [2.24, 2.45) is 0 Å². The molecular weight excluding hydrogens is 370 g/mol. The number of hydrogen-bond donors (Lipinski definition) is 1. The first-order valence-corrected chi connectivity index (χ1v) is 10.4. The van der Waals surface area contributed by atoms with Crippen molar-refractivity contribution in [3.8, 4) is 11.1 Å². The van der Waals surface area contributed by atoms with Gasteiger partial charge in [0.25, 0.3) is 0 Å². The first kappa shape index (κ1) is 18.7. The van der Waals surface area contributed by atoms with E-state index in [4.69, 9.17) is 0 Å². The van der Waals surface area contributed by atoms with Crippen molar-refractivity contribution in [1.82, 2.24) is 25.2 Å². The minimum atomic E-state index is 0.0751. The third-order valence-corrected chi connectivity index (χ3v) is 5.91. The van der Waals surface area contributed by atoms with Crippen molar-refractivity contribution < 1.29 is 4.79 Å². The van der Waals surface area contributed by atoms with E-state index in [9.17, 15) is 4.79 Å². The predicted molar refractivity (Wildman–Crippen MR) is 110 cm³/mol. The molecule has 0 spiro atoms. The lowest BCUT2D eigenvalue weighted by Gasteiger charge is -2.32. The summed E-state index contributed by atoms with van der Waals surface area (Å²) in [5.41, 5.74) is 3.19. The number of aromatic nitrogens is 3. The van der Waals surface area contributed by atoms with E-state index >= 15 is 0 Å². The van der Waals surface area contributed by atoms with Crippen LogP contribution in [0.2, 0.25) is 0 Å². The Kier molecular flexibility index (Phi) is 6.04. The fourth-order valence-corrected chi connectivity index (χ4v) is 4.34. The maximum absolute atomic E-state index is 12.4. The molecule has 1 atom stereocenters. The number of amides is 1. The number of thiophene rings is 1. The molecular formula is C21H23N5OS. The van der Waals surface area contributed by atoms with Crippen LogP contribution in [-0.2, 0) is 11.3 Å². The number of nitrogens with one attached hydrogen (secondary N) is 1. The topological polar surface area (TPSA) is 71.0 Å². The number of carbonyl (C=O) groups is 1. The quantitative estimate of drug-likeness (QED) is 0.697. The summed E-state index contributed by atoms with van der Waals surface area (Å²) in [6, 6.07) is 8.02. The SMILES string of the molecule is O=C(CN1CCCC(c2ncncc2-c2ccncc2)C1)NCc1cccs1. The molecule has 0 aromatic carbocycles. The van der Waals surface area contributed by atoms with Crippen LogP contribution >= 0.6 is 11.3 Å². The normalized spacial score (nSPS) is 17.4. The Bertz CT molecular complexity index is 900. The summed E-state index contributed by atoms with van der Waals surface area (Å²) in [5.74, 6) is 0.371. The van der Waals surface area contributed by atoms with Gasteiger partial charge in [0.2, 0.25) is 5.91 Å². The van der Waals surface area contributed by atoms with Crippen LogP contribution in [0.1, 0.15) is 29.3 Å². The highest BCUT2D eigenvalue weighted by Crippen LogP contribution is 2.32. The Morgan fingerprint density at radius 3 is 2.96 bits per heavy atom. The molecule has 1 aliphatic rings. The maximum atomic E-state index is 12.4. The van der Waals surface area contributed by atoms with Crippen LogP contribution < -0.4 is 5.32 Å². The highest BCUT2D eigenvalue weighted by molar-refractivity contribution is 7.09. The zero-order chi connectivity index (χ0) is 19.2. The summed E-state index contributed by atoms with van der Waals surface area (Å²) >= 11 is 1.66. The number of rotatable bonds is 6. The van der Waals surface area contributed by atoms with Crippen molar-refractivity contribution >= 4 is 17.2 Å². The average molecular weight is 394 g/mol. The molecule has 0 aliphatic carbocycles. The summed E-state index contributed by atoms with van der Waals surface area (Å²) in [7, 11) is 0. The number of hydrogen-bond acceptors (Lipinski definition) is 6. The summed E-state index contributed by atoms with van der Waals surface area (Å²) in [6.45, 7) is 2.81. The van der Waals surface area contributed by atoms with Crippen LogP contribution in [0.3, 0.4) is 0 Å². The fourth-order valence-electron chi connectivity index (χ4n) is 3.70. The molecule has 1 saturated heterocycles. The Balaban J connectivity index is 1.41. The van der Waals surface area contributed by atoms with Gasteiger partial charge >= 0.3 is 0 Å². The van der Waals surface area contributed by atoms with E-state index in [1.807, 2.05) is 35.8 Å². The summed E-state index contributed by atoms with van der Waals surface area (Å²) in [4.78, 5) is 28.7. The second-order valence-electron chi connectivity index (χ2n) is 6.99. The van der Waals surface area contributed by atoms with Crippen molar-refractivity contribution in [2.75, 3.05) is 19.6 Å². The van der Waals surface area contributed by atoms with E-state index in [2.05, 4.69) is 25.2 Å². The lowest BCUT2D eigenvalue weighted by atomic mass is 9.90. The zero-order valence-corrected chi connectivity index (χ0v) is 16.4. The molecule has 0 radical (unpaired) electrons. The number of pyridine rings is 1. The van der Waals surface area contributed by atoms with E-state index in [1.165, 1.54) is 4.88 Å². The average Bonchev–Trinajstić information content (AvgIpc) is 3.27. The van der Waals surface area contributed by atoms with Gasteiger partial charge in [0.05, 0.1) is 18.8 Å². The Morgan fingerprint density at radius 1 is 1.25 bits per heavy atom. The molecule has 3 aromatic rings. The van der Waals surface area contributed by atoms with Crippen molar-refractivity contribution in [1.29, 1.82) is 0 Å². The molecule has 7 heteroatoms. The fraction of sp³-hybridized carbons (Fsp3) is 0.333. The first-order valence-electron chi connectivity index (χ1n) is 9.51.